The van der Waals surface area contributed by atoms with E-state index in [2.05, 4.69) is 46.9 Å². The number of ether oxygens (including phenoxy) is 3. The molecule has 0 rings (SSSR count). The van der Waals surface area contributed by atoms with Gasteiger partial charge in [-0.15, -0.1) is 0 Å². The van der Waals surface area contributed by atoms with Gasteiger partial charge in [-0.2, -0.15) is 0 Å². The second-order valence-corrected chi connectivity index (χ2v) is 7.07. The lowest BCUT2D eigenvalue weighted by Crippen LogP contribution is -2.36. The van der Waals surface area contributed by atoms with Crippen LogP contribution < -0.4 is 5.32 Å². The predicted octanol–water partition coefficient (Wildman–Crippen LogP) is 3.00. The van der Waals surface area contributed by atoms with Gasteiger partial charge >= 0.3 is 0 Å². The summed E-state index contributed by atoms with van der Waals surface area (Å²) in [5, 5.41) is 3.44. The Morgan fingerprint density at radius 1 is 0.700 bits per heavy atom. The molecular weight excluding hydrogens is 254 g/mol. The Kier molecular flexibility index (Phi) is 10.5. The number of hydrogen-bond acceptors (Lipinski definition) is 4. The zero-order valence-electron chi connectivity index (χ0n) is 14.4. The van der Waals surface area contributed by atoms with Gasteiger partial charge in [0.2, 0.25) is 0 Å². The van der Waals surface area contributed by atoms with E-state index in [0.717, 1.165) is 39.2 Å². The summed E-state index contributed by atoms with van der Waals surface area (Å²) in [5.74, 6) is 0. The minimum Gasteiger partial charge on any atom is -0.381 e. The topological polar surface area (TPSA) is 39.7 Å². The highest BCUT2D eigenvalue weighted by Gasteiger charge is 2.09. The van der Waals surface area contributed by atoms with E-state index in [9.17, 15) is 0 Å². The highest BCUT2D eigenvalue weighted by molar-refractivity contribution is 4.69. The third kappa shape index (κ3) is 17.8. The molecule has 4 nitrogen and oxygen atoms in total. The summed E-state index contributed by atoms with van der Waals surface area (Å²) in [7, 11) is 0. The van der Waals surface area contributed by atoms with Gasteiger partial charge in [0.05, 0.1) is 18.8 Å². The Hall–Kier alpha value is -0.160. The van der Waals surface area contributed by atoms with Crippen LogP contribution in [-0.2, 0) is 14.2 Å². The fraction of sp³-hybridized carbons (Fsp3) is 1.00. The third-order valence-electron chi connectivity index (χ3n) is 2.46. The summed E-state index contributed by atoms with van der Waals surface area (Å²) >= 11 is 0. The number of nitrogens with one attached hydrogen (secondary N) is 1. The van der Waals surface area contributed by atoms with Crippen LogP contribution in [0.4, 0.5) is 0 Å². The second-order valence-electron chi connectivity index (χ2n) is 7.07. The Labute approximate surface area is 125 Å². The highest BCUT2D eigenvalue weighted by atomic mass is 16.5. The molecule has 0 aliphatic heterocycles. The van der Waals surface area contributed by atoms with Crippen LogP contribution >= 0.6 is 0 Å². The van der Waals surface area contributed by atoms with E-state index in [1.807, 2.05) is 0 Å². The van der Waals surface area contributed by atoms with Crippen LogP contribution in [0.25, 0.3) is 0 Å². The van der Waals surface area contributed by atoms with Crippen LogP contribution in [0.15, 0.2) is 0 Å². The van der Waals surface area contributed by atoms with Crippen molar-refractivity contribution in [2.24, 2.45) is 0 Å². The van der Waals surface area contributed by atoms with E-state index in [-0.39, 0.29) is 11.1 Å². The first-order chi connectivity index (χ1) is 9.21. The fourth-order valence-electron chi connectivity index (χ4n) is 1.51. The maximum absolute atomic E-state index is 5.57. The third-order valence-corrected chi connectivity index (χ3v) is 2.46. The average molecular weight is 289 g/mol. The molecule has 0 aromatic heterocycles. The molecule has 0 saturated heterocycles. The first-order valence-electron chi connectivity index (χ1n) is 7.75. The normalized spacial score (nSPS) is 12.9. The van der Waals surface area contributed by atoms with Crippen molar-refractivity contribution in [2.75, 3.05) is 39.6 Å². The maximum atomic E-state index is 5.57. The summed E-state index contributed by atoms with van der Waals surface area (Å²) in [5.41, 5.74) is 0.122. The van der Waals surface area contributed by atoms with E-state index in [1.165, 1.54) is 0 Å². The van der Waals surface area contributed by atoms with Crippen LogP contribution in [0.3, 0.4) is 0 Å². The lowest BCUT2D eigenvalue weighted by atomic mass is 10.1. The molecule has 122 valence electrons. The molecule has 0 bridgehead atoms. The number of rotatable bonds is 11. The van der Waals surface area contributed by atoms with Gasteiger partial charge in [0, 0.05) is 25.4 Å². The zero-order valence-corrected chi connectivity index (χ0v) is 14.4. The Balaban J connectivity index is 3.10. The van der Waals surface area contributed by atoms with Gasteiger partial charge in [-0.05, 0) is 60.9 Å². The quantitative estimate of drug-likeness (QED) is 0.594. The molecular formula is C16H35NO3. The van der Waals surface area contributed by atoms with Crippen molar-refractivity contribution in [3.63, 3.8) is 0 Å². The highest BCUT2D eigenvalue weighted by Crippen LogP contribution is 2.05. The molecule has 0 radical (unpaired) electrons. The largest absolute Gasteiger partial charge is 0.381 e. The van der Waals surface area contributed by atoms with Crippen molar-refractivity contribution < 1.29 is 14.2 Å². The lowest BCUT2D eigenvalue weighted by Gasteiger charge is -2.20. The van der Waals surface area contributed by atoms with E-state index in [1.54, 1.807) is 0 Å². The zero-order chi connectivity index (χ0) is 15.5. The standard InChI is InChI=1S/C16H35NO3/c1-15(2,3)17-9-7-10-18-11-8-12-19-13-14-20-16(4,5)6/h17H,7-14H2,1-6H3. The lowest BCUT2D eigenvalue weighted by molar-refractivity contribution is -0.0369. The first-order valence-corrected chi connectivity index (χ1v) is 7.75. The Bertz CT molecular complexity index is 195. The maximum Gasteiger partial charge on any atom is 0.0707 e. The molecule has 0 aliphatic carbocycles. The molecule has 0 amide bonds. The molecule has 0 saturated carbocycles. The fourth-order valence-corrected chi connectivity index (χ4v) is 1.51. The Morgan fingerprint density at radius 2 is 1.25 bits per heavy atom. The van der Waals surface area contributed by atoms with Gasteiger partial charge in [-0.3, -0.25) is 0 Å². The van der Waals surface area contributed by atoms with E-state index in [0.29, 0.717) is 13.2 Å². The second kappa shape index (κ2) is 10.6. The van der Waals surface area contributed by atoms with Gasteiger partial charge in [0.15, 0.2) is 0 Å². The number of hydrogen-bond donors (Lipinski definition) is 1. The van der Waals surface area contributed by atoms with Gasteiger partial charge < -0.3 is 19.5 Å². The molecule has 0 fully saturated rings. The van der Waals surface area contributed by atoms with Crippen LogP contribution in [0.1, 0.15) is 54.4 Å². The van der Waals surface area contributed by atoms with Crippen LogP contribution in [0, 0.1) is 0 Å². The summed E-state index contributed by atoms with van der Waals surface area (Å²) in [6.45, 7) is 17.3. The molecule has 0 aliphatic rings. The van der Waals surface area contributed by atoms with Crippen molar-refractivity contribution in [2.45, 2.75) is 65.5 Å². The van der Waals surface area contributed by atoms with Crippen molar-refractivity contribution in [1.82, 2.24) is 5.32 Å². The Morgan fingerprint density at radius 3 is 1.80 bits per heavy atom. The van der Waals surface area contributed by atoms with Gasteiger partial charge in [-0.1, -0.05) is 0 Å². The average Bonchev–Trinajstić information content (AvgIpc) is 2.27. The molecule has 20 heavy (non-hydrogen) atoms. The van der Waals surface area contributed by atoms with Crippen molar-refractivity contribution in [3.05, 3.63) is 0 Å². The molecule has 0 aromatic rings. The van der Waals surface area contributed by atoms with Gasteiger partial charge in [0.25, 0.3) is 0 Å². The molecule has 0 unspecified atom stereocenters. The molecule has 0 spiro atoms. The van der Waals surface area contributed by atoms with Crippen molar-refractivity contribution >= 4 is 0 Å². The summed E-state index contributed by atoms with van der Waals surface area (Å²) in [4.78, 5) is 0. The van der Waals surface area contributed by atoms with E-state index in [4.69, 9.17) is 14.2 Å². The van der Waals surface area contributed by atoms with Crippen LogP contribution in [0.5, 0.6) is 0 Å². The minimum absolute atomic E-state index is 0.0758. The summed E-state index contributed by atoms with van der Waals surface area (Å²) in [6, 6.07) is 0. The predicted molar refractivity (Wildman–Crippen MR) is 84.3 cm³/mol. The molecule has 0 atom stereocenters. The molecule has 0 heterocycles. The van der Waals surface area contributed by atoms with Crippen LogP contribution in [0.2, 0.25) is 0 Å². The van der Waals surface area contributed by atoms with Gasteiger partial charge in [0.1, 0.15) is 0 Å². The smallest absolute Gasteiger partial charge is 0.0707 e. The molecule has 1 N–H and O–H groups in total. The SMILES string of the molecule is CC(C)(C)NCCCOCCCOCCOC(C)(C)C. The van der Waals surface area contributed by atoms with Crippen molar-refractivity contribution in [3.8, 4) is 0 Å². The first kappa shape index (κ1) is 19.8. The summed E-state index contributed by atoms with van der Waals surface area (Å²) in [6.07, 6.45) is 2.00. The van der Waals surface area contributed by atoms with Crippen LogP contribution in [-0.4, -0.2) is 50.7 Å². The molecule has 4 heteroatoms. The monoisotopic (exact) mass is 289 g/mol. The van der Waals surface area contributed by atoms with E-state index >= 15 is 0 Å². The molecule has 0 aromatic carbocycles. The summed E-state index contributed by atoms with van der Waals surface area (Å²) < 4.78 is 16.6. The minimum atomic E-state index is -0.0758. The van der Waals surface area contributed by atoms with E-state index < -0.39 is 0 Å². The van der Waals surface area contributed by atoms with Gasteiger partial charge in [-0.25, -0.2) is 0 Å². The van der Waals surface area contributed by atoms with Crippen molar-refractivity contribution in [1.29, 1.82) is 0 Å².